The monoisotopic (exact) mass is 323 g/mol. The Morgan fingerprint density at radius 1 is 1.32 bits per heavy atom. The van der Waals surface area contributed by atoms with E-state index < -0.39 is 21.3 Å². The van der Waals surface area contributed by atoms with Gasteiger partial charge in [0.05, 0.1) is 12.1 Å². The van der Waals surface area contributed by atoms with E-state index in [2.05, 4.69) is 4.72 Å². The fourth-order valence-electron chi connectivity index (χ4n) is 3.11. The summed E-state index contributed by atoms with van der Waals surface area (Å²) >= 11 is 0. The molecule has 1 saturated heterocycles. The van der Waals surface area contributed by atoms with Gasteiger partial charge in [0.25, 0.3) is 0 Å². The molecule has 0 amide bonds. The molecule has 0 radical (unpaired) electrons. The van der Waals surface area contributed by atoms with Crippen molar-refractivity contribution in [3.05, 3.63) is 35.6 Å². The molecule has 0 bridgehead atoms. The highest BCUT2D eigenvalue weighted by Gasteiger charge is 2.37. The first-order chi connectivity index (χ1) is 10.4. The predicted octanol–water partition coefficient (Wildman–Crippen LogP) is 2.90. The molecule has 1 fully saturated rings. The summed E-state index contributed by atoms with van der Waals surface area (Å²) in [5.74, 6) is 0.663. The van der Waals surface area contributed by atoms with Gasteiger partial charge in [0, 0.05) is 17.6 Å². The number of rotatable bonds is 4. The molecule has 3 rings (SSSR count). The van der Waals surface area contributed by atoms with Crippen molar-refractivity contribution in [3.8, 4) is 0 Å². The average molecular weight is 323 g/mol. The molecule has 0 unspecified atom stereocenters. The van der Waals surface area contributed by atoms with Crippen molar-refractivity contribution in [2.24, 2.45) is 0 Å². The Kier molecular flexibility index (Phi) is 4.01. The topological polar surface area (TPSA) is 68.5 Å². The van der Waals surface area contributed by atoms with Crippen LogP contribution in [-0.4, -0.2) is 26.4 Å². The lowest BCUT2D eigenvalue weighted by atomic mass is 10.1. The Bertz CT molecular complexity index is 781. The van der Waals surface area contributed by atoms with Crippen LogP contribution >= 0.6 is 0 Å². The van der Waals surface area contributed by atoms with Gasteiger partial charge in [0.15, 0.2) is 0 Å². The van der Waals surface area contributed by atoms with Crippen LogP contribution in [0.4, 0.5) is 0 Å². The molecule has 120 valence electrons. The summed E-state index contributed by atoms with van der Waals surface area (Å²) < 4.78 is 39.0. The number of nitrogens with one attached hydrogen (secondary N) is 1. The third-order valence-corrected chi connectivity index (χ3v) is 6.42. The fraction of sp³-hybridized carbons (Fsp3) is 0.500. The molecule has 2 aromatic rings. The summed E-state index contributed by atoms with van der Waals surface area (Å²) in [5, 5.41) is 0.515. The highest BCUT2D eigenvalue weighted by Crippen LogP contribution is 2.30. The van der Waals surface area contributed by atoms with Gasteiger partial charge in [0.2, 0.25) is 10.0 Å². The SMILES string of the molecule is Cc1c([C@H](C)NS(=O)(=O)[C@H]2CCO[C@H]2C)oc2ccccc12. The zero-order valence-corrected chi connectivity index (χ0v) is 13.8. The van der Waals surface area contributed by atoms with E-state index in [1.54, 1.807) is 6.92 Å². The third-order valence-electron chi connectivity index (χ3n) is 4.32. The smallest absolute Gasteiger partial charge is 0.217 e. The van der Waals surface area contributed by atoms with E-state index in [0.717, 1.165) is 16.5 Å². The van der Waals surface area contributed by atoms with Gasteiger partial charge in [-0.2, -0.15) is 0 Å². The van der Waals surface area contributed by atoms with Crippen molar-refractivity contribution in [2.75, 3.05) is 6.61 Å². The summed E-state index contributed by atoms with van der Waals surface area (Å²) in [6.07, 6.45) is 0.254. The minimum atomic E-state index is -3.45. The zero-order valence-electron chi connectivity index (χ0n) is 13.0. The first kappa shape index (κ1) is 15.5. The molecule has 6 heteroatoms. The van der Waals surface area contributed by atoms with Crippen LogP contribution in [0.3, 0.4) is 0 Å². The van der Waals surface area contributed by atoms with Crippen LogP contribution < -0.4 is 4.72 Å². The lowest BCUT2D eigenvalue weighted by molar-refractivity contribution is 0.126. The van der Waals surface area contributed by atoms with E-state index in [9.17, 15) is 8.42 Å². The van der Waals surface area contributed by atoms with Gasteiger partial charge in [-0.3, -0.25) is 0 Å². The molecule has 0 aliphatic carbocycles. The van der Waals surface area contributed by atoms with E-state index >= 15 is 0 Å². The molecular formula is C16H21NO4S. The number of ether oxygens (including phenoxy) is 1. The van der Waals surface area contributed by atoms with E-state index in [0.29, 0.717) is 18.8 Å². The molecule has 3 atom stereocenters. The van der Waals surface area contributed by atoms with Crippen molar-refractivity contribution >= 4 is 21.0 Å². The maximum atomic E-state index is 12.5. The number of sulfonamides is 1. The quantitative estimate of drug-likeness (QED) is 0.939. The van der Waals surface area contributed by atoms with Gasteiger partial charge in [-0.25, -0.2) is 13.1 Å². The number of para-hydroxylation sites is 1. The molecule has 1 aliphatic rings. The summed E-state index contributed by atoms with van der Waals surface area (Å²) in [5.41, 5.74) is 1.75. The Morgan fingerprint density at radius 3 is 2.68 bits per heavy atom. The second-order valence-corrected chi connectivity index (χ2v) is 7.81. The van der Waals surface area contributed by atoms with Crippen LogP contribution in [0.1, 0.15) is 37.6 Å². The third kappa shape index (κ3) is 2.66. The van der Waals surface area contributed by atoms with Gasteiger partial charge in [0.1, 0.15) is 16.6 Å². The largest absolute Gasteiger partial charge is 0.459 e. The van der Waals surface area contributed by atoms with Crippen molar-refractivity contribution in [2.45, 2.75) is 44.6 Å². The van der Waals surface area contributed by atoms with E-state index in [1.807, 2.05) is 38.1 Å². The van der Waals surface area contributed by atoms with Crippen LogP contribution in [0.5, 0.6) is 0 Å². The van der Waals surface area contributed by atoms with Gasteiger partial charge in [-0.05, 0) is 33.3 Å². The first-order valence-corrected chi connectivity index (χ1v) is 9.05. The lowest BCUT2D eigenvalue weighted by Gasteiger charge is -2.19. The first-order valence-electron chi connectivity index (χ1n) is 7.51. The van der Waals surface area contributed by atoms with E-state index in [1.165, 1.54) is 0 Å². The van der Waals surface area contributed by atoms with Crippen LogP contribution in [0.15, 0.2) is 28.7 Å². The Labute approximate surface area is 130 Å². The van der Waals surface area contributed by atoms with Gasteiger partial charge < -0.3 is 9.15 Å². The van der Waals surface area contributed by atoms with Gasteiger partial charge in [-0.15, -0.1) is 0 Å². The van der Waals surface area contributed by atoms with Gasteiger partial charge in [-0.1, -0.05) is 18.2 Å². The number of benzene rings is 1. The minimum absolute atomic E-state index is 0.276. The van der Waals surface area contributed by atoms with Crippen LogP contribution in [0.2, 0.25) is 0 Å². The van der Waals surface area contributed by atoms with Gasteiger partial charge >= 0.3 is 0 Å². The van der Waals surface area contributed by atoms with Crippen molar-refractivity contribution < 1.29 is 17.6 Å². The molecular weight excluding hydrogens is 302 g/mol. The number of aryl methyl sites for hydroxylation is 1. The van der Waals surface area contributed by atoms with Crippen molar-refractivity contribution in [1.82, 2.24) is 4.72 Å². The maximum absolute atomic E-state index is 12.5. The van der Waals surface area contributed by atoms with Crippen LogP contribution in [0.25, 0.3) is 11.0 Å². The minimum Gasteiger partial charge on any atom is -0.459 e. The Morgan fingerprint density at radius 2 is 2.05 bits per heavy atom. The molecule has 22 heavy (non-hydrogen) atoms. The van der Waals surface area contributed by atoms with E-state index in [-0.39, 0.29) is 6.10 Å². The number of hydrogen-bond donors (Lipinski definition) is 1. The molecule has 5 nitrogen and oxygen atoms in total. The standard InChI is InChI=1S/C16H21NO4S/c1-10-13-6-4-5-7-14(13)21-16(10)11(2)17-22(18,19)15-8-9-20-12(15)3/h4-7,11-12,15,17H,8-9H2,1-3H3/t11-,12-,15-/m0/s1. The highest BCUT2D eigenvalue weighted by molar-refractivity contribution is 7.90. The number of furan rings is 1. The zero-order chi connectivity index (χ0) is 15.9. The van der Waals surface area contributed by atoms with E-state index in [4.69, 9.17) is 9.15 Å². The molecule has 0 saturated carbocycles. The maximum Gasteiger partial charge on any atom is 0.217 e. The second-order valence-electron chi connectivity index (χ2n) is 5.88. The predicted molar refractivity (Wildman–Crippen MR) is 85.2 cm³/mol. The molecule has 1 aromatic carbocycles. The second kappa shape index (κ2) is 5.68. The molecule has 1 N–H and O–H groups in total. The number of fused-ring (bicyclic) bond motifs is 1. The summed E-state index contributed by atoms with van der Waals surface area (Å²) in [6.45, 7) is 6.05. The summed E-state index contributed by atoms with van der Waals surface area (Å²) in [4.78, 5) is 0. The molecule has 2 heterocycles. The van der Waals surface area contributed by atoms with Crippen molar-refractivity contribution in [3.63, 3.8) is 0 Å². The average Bonchev–Trinajstić information content (AvgIpc) is 3.03. The van der Waals surface area contributed by atoms with Crippen LogP contribution in [0, 0.1) is 6.92 Å². The van der Waals surface area contributed by atoms with Crippen molar-refractivity contribution in [1.29, 1.82) is 0 Å². The summed E-state index contributed by atoms with van der Waals surface area (Å²) in [7, 11) is -3.45. The molecule has 1 aromatic heterocycles. The molecule has 1 aliphatic heterocycles. The lowest BCUT2D eigenvalue weighted by Crippen LogP contribution is -2.39. The normalized spacial score (nSPS) is 24.0. The molecule has 0 spiro atoms. The highest BCUT2D eigenvalue weighted by atomic mass is 32.2. The Hall–Kier alpha value is -1.37. The fourth-order valence-corrected chi connectivity index (χ4v) is 4.88. The summed E-state index contributed by atoms with van der Waals surface area (Å²) in [6, 6.07) is 7.30. The Balaban J connectivity index is 1.87. The van der Waals surface area contributed by atoms with Crippen LogP contribution in [-0.2, 0) is 14.8 Å². The number of hydrogen-bond acceptors (Lipinski definition) is 4.